The number of nitrogens with one attached hydrogen (secondary N) is 1. The van der Waals surface area contributed by atoms with E-state index in [2.05, 4.69) is 21.2 Å². The number of benzene rings is 1. The SMILES string of the molecule is Oc1c(Br)ccc(C(F)(F)F)c1[C@H]1CCCN1. The molecular formula is C11H11BrF3NO. The molecule has 0 unspecified atom stereocenters. The topological polar surface area (TPSA) is 32.3 Å². The lowest BCUT2D eigenvalue weighted by Crippen LogP contribution is -2.18. The summed E-state index contributed by atoms with van der Waals surface area (Å²) in [6.07, 6.45) is -3.03. The Morgan fingerprint density at radius 3 is 2.59 bits per heavy atom. The summed E-state index contributed by atoms with van der Waals surface area (Å²) in [6, 6.07) is 1.79. The largest absolute Gasteiger partial charge is 0.506 e. The zero-order valence-electron chi connectivity index (χ0n) is 8.81. The third-order valence-electron chi connectivity index (χ3n) is 2.88. The minimum atomic E-state index is -4.45. The second-order valence-corrected chi connectivity index (χ2v) is 4.86. The summed E-state index contributed by atoms with van der Waals surface area (Å²) in [5.74, 6) is -0.320. The van der Waals surface area contributed by atoms with Gasteiger partial charge in [0, 0.05) is 11.6 Å². The lowest BCUT2D eigenvalue weighted by Gasteiger charge is -2.20. The molecule has 17 heavy (non-hydrogen) atoms. The van der Waals surface area contributed by atoms with Crippen LogP contribution in [-0.4, -0.2) is 11.7 Å². The van der Waals surface area contributed by atoms with Crippen molar-refractivity contribution in [2.24, 2.45) is 0 Å². The van der Waals surface area contributed by atoms with Crippen molar-refractivity contribution in [2.45, 2.75) is 25.1 Å². The molecule has 0 aromatic heterocycles. The summed E-state index contributed by atoms with van der Waals surface area (Å²) in [7, 11) is 0. The Morgan fingerprint density at radius 1 is 1.35 bits per heavy atom. The Kier molecular flexibility index (Phi) is 3.36. The molecule has 0 bridgehead atoms. The highest BCUT2D eigenvalue weighted by Crippen LogP contribution is 2.43. The first-order valence-electron chi connectivity index (χ1n) is 5.23. The Hall–Kier alpha value is -0.750. The fourth-order valence-electron chi connectivity index (χ4n) is 2.11. The van der Waals surface area contributed by atoms with E-state index in [1.807, 2.05) is 0 Å². The van der Waals surface area contributed by atoms with Crippen molar-refractivity contribution in [3.63, 3.8) is 0 Å². The molecule has 94 valence electrons. The molecule has 6 heteroatoms. The third kappa shape index (κ3) is 2.42. The van der Waals surface area contributed by atoms with Crippen molar-refractivity contribution in [1.82, 2.24) is 5.32 Å². The van der Waals surface area contributed by atoms with E-state index >= 15 is 0 Å². The molecule has 1 aliphatic rings. The zero-order valence-corrected chi connectivity index (χ0v) is 10.4. The van der Waals surface area contributed by atoms with Gasteiger partial charge >= 0.3 is 6.18 Å². The summed E-state index contributed by atoms with van der Waals surface area (Å²) in [5.41, 5.74) is -0.818. The molecule has 1 aliphatic heterocycles. The predicted octanol–water partition coefficient (Wildman–Crippen LogP) is 3.60. The summed E-state index contributed by atoms with van der Waals surface area (Å²) < 4.78 is 38.9. The number of phenolic OH excluding ortho intramolecular Hbond substituents is 1. The van der Waals surface area contributed by atoms with Gasteiger partial charge in [-0.15, -0.1) is 0 Å². The van der Waals surface area contributed by atoms with E-state index in [0.717, 1.165) is 12.5 Å². The van der Waals surface area contributed by atoms with Crippen molar-refractivity contribution in [3.05, 3.63) is 27.7 Å². The molecule has 0 radical (unpaired) electrons. The van der Waals surface area contributed by atoms with Gasteiger partial charge < -0.3 is 10.4 Å². The maximum Gasteiger partial charge on any atom is 0.416 e. The second kappa shape index (κ2) is 4.49. The smallest absolute Gasteiger partial charge is 0.416 e. The van der Waals surface area contributed by atoms with Crippen LogP contribution in [0.25, 0.3) is 0 Å². The van der Waals surface area contributed by atoms with Crippen molar-refractivity contribution >= 4 is 15.9 Å². The van der Waals surface area contributed by atoms with Gasteiger partial charge in [0.2, 0.25) is 0 Å². The number of hydrogen-bond acceptors (Lipinski definition) is 2. The van der Waals surface area contributed by atoms with E-state index in [4.69, 9.17) is 0 Å². The molecular weight excluding hydrogens is 299 g/mol. The van der Waals surface area contributed by atoms with Gasteiger partial charge in [0.05, 0.1) is 10.0 Å². The van der Waals surface area contributed by atoms with E-state index in [0.29, 0.717) is 13.0 Å². The van der Waals surface area contributed by atoms with Crippen LogP contribution in [0.3, 0.4) is 0 Å². The van der Waals surface area contributed by atoms with Gasteiger partial charge in [-0.25, -0.2) is 0 Å². The lowest BCUT2D eigenvalue weighted by atomic mass is 9.97. The van der Waals surface area contributed by atoms with Gasteiger partial charge in [0.25, 0.3) is 0 Å². The Bertz CT molecular complexity index is 427. The van der Waals surface area contributed by atoms with E-state index in [9.17, 15) is 18.3 Å². The number of phenols is 1. The molecule has 1 saturated heterocycles. The van der Waals surface area contributed by atoms with Gasteiger partial charge in [-0.3, -0.25) is 0 Å². The predicted molar refractivity (Wildman–Crippen MR) is 60.8 cm³/mol. The quantitative estimate of drug-likeness (QED) is 0.831. The summed E-state index contributed by atoms with van der Waals surface area (Å²) in [6.45, 7) is 0.675. The van der Waals surface area contributed by atoms with Crippen LogP contribution in [0.5, 0.6) is 5.75 Å². The zero-order chi connectivity index (χ0) is 12.6. The molecule has 2 nitrogen and oxygen atoms in total. The summed E-state index contributed by atoms with van der Waals surface area (Å²) in [5, 5.41) is 12.8. The molecule has 1 aromatic rings. The number of halogens is 4. The van der Waals surface area contributed by atoms with Crippen LogP contribution in [-0.2, 0) is 6.18 Å². The van der Waals surface area contributed by atoms with Crippen molar-refractivity contribution in [3.8, 4) is 5.75 Å². The van der Waals surface area contributed by atoms with Gasteiger partial charge in [0.1, 0.15) is 5.75 Å². The molecule has 0 amide bonds. The highest BCUT2D eigenvalue weighted by molar-refractivity contribution is 9.10. The Labute approximate surface area is 105 Å². The third-order valence-corrected chi connectivity index (χ3v) is 3.52. The fraction of sp³-hybridized carbons (Fsp3) is 0.455. The Morgan fingerprint density at radius 2 is 2.06 bits per heavy atom. The fourth-order valence-corrected chi connectivity index (χ4v) is 2.46. The first kappa shape index (κ1) is 12.7. The number of hydrogen-bond donors (Lipinski definition) is 2. The molecule has 0 spiro atoms. The average Bonchev–Trinajstić information content (AvgIpc) is 2.73. The van der Waals surface area contributed by atoms with Crippen molar-refractivity contribution in [1.29, 1.82) is 0 Å². The molecule has 1 heterocycles. The molecule has 0 aliphatic carbocycles. The monoisotopic (exact) mass is 309 g/mol. The number of rotatable bonds is 1. The normalized spacial score (nSPS) is 20.8. The highest BCUT2D eigenvalue weighted by atomic mass is 79.9. The van der Waals surface area contributed by atoms with Crippen LogP contribution in [0.4, 0.5) is 13.2 Å². The van der Waals surface area contributed by atoms with Crippen LogP contribution in [0, 0.1) is 0 Å². The van der Waals surface area contributed by atoms with E-state index < -0.39 is 17.8 Å². The summed E-state index contributed by atoms with van der Waals surface area (Å²) in [4.78, 5) is 0. The minimum Gasteiger partial charge on any atom is -0.506 e. The van der Waals surface area contributed by atoms with Gasteiger partial charge in [0.15, 0.2) is 0 Å². The van der Waals surface area contributed by atoms with Crippen molar-refractivity contribution < 1.29 is 18.3 Å². The Balaban J connectivity index is 2.55. The average molecular weight is 310 g/mol. The van der Waals surface area contributed by atoms with Crippen LogP contribution >= 0.6 is 15.9 Å². The second-order valence-electron chi connectivity index (χ2n) is 4.00. The van der Waals surface area contributed by atoms with Gasteiger partial charge in [-0.05, 0) is 47.4 Å². The van der Waals surface area contributed by atoms with Gasteiger partial charge in [-0.2, -0.15) is 13.2 Å². The molecule has 0 saturated carbocycles. The van der Waals surface area contributed by atoms with Crippen LogP contribution in [0.15, 0.2) is 16.6 Å². The molecule has 1 fully saturated rings. The molecule has 1 atom stereocenters. The van der Waals surface area contributed by atoms with E-state index in [1.54, 1.807) is 0 Å². The first-order valence-corrected chi connectivity index (χ1v) is 6.02. The maximum atomic E-state index is 12.9. The first-order chi connectivity index (χ1) is 7.91. The number of aromatic hydroxyl groups is 1. The standard InChI is InChI=1S/C11H11BrF3NO/c12-7-4-3-6(11(13,14)15)9(10(7)17)8-2-1-5-16-8/h3-4,8,16-17H,1-2,5H2/t8-/m1/s1. The lowest BCUT2D eigenvalue weighted by molar-refractivity contribution is -0.138. The van der Waals surface area contributed by atoms with Crippen LogP contribution in [0.1, 0.15) is 30.0 Å². The van der Waals surface area contributed by atoms with E-state index in [-0.39, 0.29) is 15.8 Å². The molecule has 1 aromatic carbocycles. The molecule has 2 rings (SSSR count). The van der Waals surface area contributed by atoms with Gasteiger partial charge in [-0.1, -0.05) is 0 Å². The van der Waals surface area contributed by atoms with Crippen LogP contribution < -0.4 is 5.32 Å². The summed E-state index contributed by atoms with van der Waals surface area (Å²) >= 11 is 3.05. The number of alkyl halides is 3. The maximum absolute atomic E-state index is 12.9. The highest BCUT2D eigenvalue weighted by Gasteiger charge is 2.37. The van der Waals surface area contributed by atoms with Crippen LogP contribution in [0.2, 0.25) is 0 Å². The molecule has 2 N–H and O–H groups in total. The van der Waals surface area contributed by atoms with Crippen molar-refractivity contribution in [2.75, 3.05) is 6.54 Å². The van der Waals surface area contributed by atoms with E-state index in [1.165, 1.54) is 6.07 Å². The minimum absolute atomic E-state index is 0.0515.